The number of halogens is 4. The fourth-order valence-electron chi connectivity index (χ4n) is 1.62. The predicted molar refractivity (Wildman–Crippen MR) is 41.1 cm³/mol. The Kier molecular flexibility index (Phi) is 3.22. The van der Waals surface area contributed by atoms with Gasteiger partial charge in [-0.15, -0.1) is 0 Å². The Morgan fingerprint density at radius 3 is 2.13 bits per heavy atom. The van der Waals surface area contributed by atoms with Gasteiger partial charge in [-0.1, -0.05) is 0 Å². The SMILES string of the molecule is O=C(O)C1(C(F)(F)C(F)F)CCOCC1. The highest BCUT2D eigenvalue weighted by molar-refractivity contribution is 5.76. The number of carboxylic acids is 1. The number of carboxylic acid groups (broad SMARTS) is 1. The van der Waals surface area contributed by atoms with Gasteiger partial charge in [0.15, 0.2) is 0 Å². The lowest BCUT2D eigenvalue weighted by Gasteiger charge is -2.38. The Hall–Kier alpha value is -0.850. The maximum Gasteiger partial charge on any atom is 0.323 e. The summed E-state index contributed by atoms with van der Waals surface area (Å²) in [7, 11) is 0. The van der Waals surface area contributed by atoms with E-state index in [4.69, 9.17) is 9.84 Å². The third kappa shape index (κ3) is 1.80. The van der Waals surface area contributed by atoms with Crippen molar-refractivity contribution in [3.05, 3.63) is 0 Å². The highest BCUT2D eigenvalue weighted by atomic mass is 19.3. The number of alkyl halides is 4. The molecule has 15 heavy (non-hydrogen) atoms. The van der Waals surface area contributed by atoms with E-state index in [2.05, 4.69) is 0 Å². The normalized spacial score (nSPS) is 21.7. The fraction of sp³-hybridized carbons (Fsp3) is 0.875. The number of rotatable bonds is 3. The quantitative estimate of drug-likeness (QED) is 0.751. The average molecular weight is 230 g/mol. The van der Waals surface area contributed by atoms with Crippen molar-refractivity contribution in [2.75, 3.05) is 13.2 Å². The van der Waals surface area contributed by atoms with Gasteiger partial charge in [-0.05, 0) is 12.8 Å². The van der Waals surface area contributed by atoms with E-state index in [-0.39, 0.29) is 13.2 Å². The van der Waals surface area contributed by atoms with Crippen LogP contribution in [0.4, 0.5) is 17.6 Å². The van der Waals surface area contributed by atoms with Crippen LogP contribution in [0.15, 0.2) is 0 Å². The molecule has 0 unspecified atom stereocenters. The first-order chi connectivity index (χ1) is 6.84. The van der Waals surface area contributed by atoms with Crippen LogP contribution >= 0.6 is 0 Å². The third-order valence-electron chi connectivity index (χ3n) is 2.67. The molecule has 88 valence electrons. The molecule has 1 aliphatic heterocycles. The second-order valence-corrected chi connectivity index (χ2v) is 3.42. The van der Waals surface area contributed by atoms with Gasteiger partial charge in [-0.3, -0.25) is 4.79 Å². The molecule has 1 rings (SSSR count). The van der Waals surface area contributed by atoms with Gasteiger partial charge in [0.2, 0.25) is 0 Å². The zero-order chi connectivity index (χ0) is 11.7. The van der Waals surface area contributed by atoms with Gasteiger partial charge in [0.1, 0.15) is 5.41 Å². The monoisotopic (exact) mass is 230 g/mol. The molecule has 3 nitrogen and oxygen atoms in total. The van der Waals surface area contributed by atoms with Gasteiger partial charge < -0.3 is 9.84 Å². The summed E-state index contributed by atoms with van der Waals surface area (Å²) in [4.78, 5) is 10.8. The summed E-state index contributed by atoms with van der Waals surface area (Å²) in [6.45, 7) is -0.483. The summed E-state index contributed by atoms with van der Waals surface area (Å²) < 4.78 is 55.3. The molecule has 0 aliphatic carbocycles. The molecule has 1 N–H and O–H groups in total. The second-order valence-electron chi connectivity index (χ2n) is 3.42. The molecule has 1 heterocycles. The minimum atomic E-state index is -4.53. The first kappa shape index (κ1) is 12.2. The lowest BCUT2D eigenvalue weighted by atomic mass is 9.74. The fourth-order valence-corrected chi connectivity index (χ4v) is 1.62. The minimum absolute atomic E-state index is 0.241. The number of ether oxygens (including phenoxy) is 1. The molecule has 0 atom stereocenters. The Balaban J connectivity index is 3.04. The zero-order valence-electron chi connectivity index (χ0n) is 7.68. The zero-order valence-corrected chi connectivity index (χ0v) is 7.68. The van der Waals surface area contributed by atoms with Crippen LogP contribution in [0.3, 0.4) is 0 Å². The van der Waals surface area contributed by atoms with Crippen molar-refractivity contribution in [1.29, 1.82) is 0 Å². The van der Waals surface area contributed by atoms with E-state index in [1.54, 1.807) is 0 Å². The molecule has 0 spiro atoms. The number of hydrogen-bond donors (Lipinski definition) is 1. The summed E-state index contributed by atoms with van der Waals surface area (Å²) in [6, 6.07) is 0. The maximum atomic E-state index is 13.2. The van der Waals surface area contributed by atoms with Crippen molar-refractivity contribution in [2.45, 2.75) is 25.2 Å². The van der Waals surface area contributed by atoms with E-state index in [1.807, 2.05) is 0 Å². The van der Waals surface area contributed by atoms with Gasteiger partial charge in [0, 0.05) is 13.2 Å². The van der Waals surface area contributed by atoms with E-state index >= 15 is 0 Å². The molecule has 0 aromatic carbocycles. The van der Waals surface area contributed by atoms with Crippen molar-refractivity contribution in [1.82, 2.24) is 0 Å². The van der Waals surface area contributed by atoms with Crippen LogP contribution in [-0.4, -0.2) is 36.6 Å². The molecule has 7 heteroatoms. The van der Waals surface area contributed by atoms with E-state index in [9.17, 15) is 22.4 Å². The Labute approximate surface area is 83.0 Å². The van der Waals surface area contributed by atoms with Crippen LogP contribution in [0.2, 0.25) is 0 Å². The number of aliphatic carboxylic acids is 1. The summed E-state index contributed by atoms with van der Waals surface area (Å²) in [5.41, 5.74) is -2.70. The van der Waals surface area contributed by atoms with Crippen LogP contribution in [0, 0.1) is 5.41 Å². The molecule has 0 amide bonds. The predicted octanol–water partition coefficient (Wildman–Crippen LogP) is 1.77. The molecule has 0 aromatic heterocycles. The van der Waals surface area contributed by atoms with Gasteiger partial charge >= 0.3 is 18.3 Å². The highest BCUT2D eigenvalue weighted by Gasteiger charge is 2.64. The Morgan fingerprint density at radius 1 is 1.33 bits per heavy atom. The van der Waals surface area contributed by atoms with Crippen LogP contribution in [0.5, 0.6) is 0 Å². The number of hydrogen-bond acceptors (Lipinski definition) is 2. The van der Waals surface area contributed by atoms with Crippen LogP contribution < -0.4 is 0 Å². The van der Waals surface area contributed by atoms with Crippen molar-refractivity contribution in [3.8, 4) is 0 Å². The van der Waals surface area contributed by atoms with Crippen molar-refractivity contribution < 1.29 is 32.2 Å². The standard InChI is InChI=1S/C8H10F4O3/c9-5(10)8(11,12)7(6(13)14)1-3-15-4-2-7/h5H,1-4H2,(H,13,14). The maximum absolute atomic E-state index is 13.2. The van der Waals surface area contributed by atoms with Gasteiger partial charge in [-0.25, -0.2) is 8.78 Å². The molecule has 0 radical (unpaired) electrons. The van der Waals surface area contributed by atoms with Crippen LogP contribution in [0.1, 0.15) is 12.8 Å². The third-order valence-corrected chi connectivity index (χ3v) is 2.67. The average Bonchev–Trinajstić information content (AvgIpc) is 2.18. The molecule has 0 saturated carbocycles. The Morgan fingerprint density at radius 2 is 1.80 bits per heavy atom. The first-order valence-corrected chi connectivity index (χ1v) is 4.32. The first-order valence-electron chi connectivity index (χ1n) is 4.32. The van der Waals surface area contributed by atoms with Gasteiger partial charge in [0.25, 0.3) is 0 Å². The van der Waals surface area contributed by atoms with Gasteiger partial charge in [-0.2, -0.15) is 8.78 Å². The summed E-state index contributed by atoms with van der Waals surface area (Å²) >= 11 is 0. The Bertz CT molecular complexity index is 248. The largest absolute Gasteiger partial charge is 0.481 e. The van der Waals surface area contributed by atoms with E-state index in [0.29, 0.717) is 0 Å². The molecular formula is C8H10F4O3. The lowest BCUT2D eigenvalue weighted by Crippen LogP contribution is -2.54. The van der Waals surface area contributed by atoms with Crippen LogP contribution in [0.25, 0.3) is 0 Å². The second kappa shape index (κ2) is 3.96. The van der Waals surface area contributed by atoms with Crippen molar-refractivity contribution in [3.63, 3.8) is 0 Å². The van der Waals surface area contributed by atoms with Gasteiger partial charge in [0.05, 0.1) is 0 Å². The molecule has 0 bridgehead atoms. The smallest absolute Gasteiger partial charge is 0.323 e. The molecule has 0 aromatic rings. The highest BCUT2D eigenvalue weighted by Crippen LogP contribution is 2.48. The molecule has 1 saturated heterocycles. The summed E-state index contributed by atoms with van der Waals surface area (Å²) in [6.07, 6.45) is -5.18. The molecule has 1 fully saturated rings. The molecular weight excluding hydrogens is 220 g/mol. The summed E-state index contributed by atoms with van der Waals surface area (Å²) in [5, 5.41) is 8.70. The van der Waals surface area contributed by atoms with Crippen LogP contribution in [-0.2, 0) is 9.53 Å². The van der Waals surface area contributed by atoms with Crippen molar-refractivity contribution >= 4 is 5.97 Å². The summed E-state index contributed by atoms with van der Waals surface area (Å²) in [5.74, 6) is -6.42. The van der Waals surface area contributed by atoms with E-state index < -0.39 is 36.6 Å². The van der Waals surface area contributed by atoms with E-state index in [1.165, 1.54) is 0 Å². The topological polar surface area (TPSA) is 46.5 Å². The lowest BCUT2D eigenvalue weighted by molar-refractivity contribution is -0.235. The molecule has 1 aliphatic rings. The number of carbonyl (C=O) groups is 1. The van der Waals surface area contributed by atoms with Crippen molar-refractivity contribution in [2.24, 2.45) is 5.41 Å². The van der Waals surface area contributed by atoms with E-state index in [0.717, 1.165) is 0 Å². The minimum Gasteiger partial charge on any atom is -0.481 e.